The number of carbonyl (C=O) groups excluding carboxylic acids is 1. The molecule has 4 nitrogen and oxygen atoms in total. The molecule has 0 unspecified atom stereocenters. The van der Waals surface area contributed by atoms with Crippen LogP contribution < -0.4 is 10.1 Å². The fourth-order valence-corrected chi connectivity index (χ4v) is 2.88. The third-order valence-corrected chi connectivity index (χ3v) is 4.18. The van der Waals surface area contributed by atoms with Crippen molar-refractivity contribution in [3.8, 4) is 11.8 Å². The van der Waals surface area contributed by atoms with Crippen molar-refractivity contribution in [2.24, 2.45) is 0 Å². The SMILES string of the molecule is CCOc1ccc(/C=C(/C#N)C(=O)NCc2ccccc2)c2ccccc12. The van der Waals surface area contributed by atoms with Crippen LogP contribution in [-0.4, -0.2) is 12.5 Å². The van der Waals surface area contributed by atoms with Crippen LogP contribution in [0.4, 0.5) is 0 Å². The average Bonchev–Trinajstić information content (AvgIpc) is 2.72. The zero-order chi connectivity index (χ0) is 19.1. The molecule has 0 aliphatic rings. The Kier molecular flexibility index (Phi) is 5.86. The van der Waals surface area contributed by atoms with E-state index in [0.717, 1.165) is 27.6 Å². The third-order valence-electron chi connectivity index (χ3n) is 4.18. The average molecular weight is 356 g/mol. The second-order valence-corrected chi connectivity index (χ2v) is 5.97. The lowest BCUT2D eigenvalue weighted by Crippen LogP contribution is -2.23. The Morgan fingerprint density at radius 3 is 2.44 bits per heavy atom. The van der Waals surface area contributed by atoms with Crippen LogP contribution in [-0.2, 0) is 11.3 Å². The molecule has 0 aliphatic heterocycles. The van der Waals surface area contributed by atoms with Gasteiger partial charge in [0.2, 0.25) is 0 Å². The van der Waals surface area contributed by atoms with Gasteiger partial charge in [-0.05, 0) is 35.6 Å². The van der Waals surface area contributed by atoms with Gasteiger partial charge < -0.3 is 10.1 Å². The molecule has 3 aromatic rings. The number of carbonyl (C=O) groups is 1. The molecule has 1 amide bonds. The molecule has 0 spiro atoms. The number of amides is 1. The highest BCUT2D eigenvalue weighted by Crippen LogP contribution is 2.29. The first-order chi connectivity index (χ1) is 13.2. The molecule has 0 bridgehead atoms. The minimum absolute atomic E-state index is 0.0697. The predicted molar refractivity (Wildman–Crippen MR) is 107 cm³/mol. The number of fused-ring (bicyclic) bond motifs is 1. The van der Waals surface area contributed by atoms with Gasteiger partial charge >= 0.3 is 0 Å². The number of benzene rings is 3. The number of nitrogens with one attached hydrogen (secondary N) is 1. The van der Waals surface area contributed by atoms with Crippen LogP contribution in [0.3, 0.4) is 0 Å². The Hall–Kier alpha value is -3.58. The van der Waals surface area contributed by atoms with Crippen molar-refractivity contribution in [2.75, 3.05) is 6.61 Å². The van der Waals surface area contributed by atoms with E-state index < -0.39 is 0 Å². The topological polar surface area (TPSA) is 62.1 Å². The van der Waals surface area contributed by atoms with Crippen molar-refractivity contribution in [2.45, 2.75) is 13.5 Å². The maximum absolute atomic E-state index is 12.4. The van der Waals surface area contributed by atoms with E-state index in [1.165, 1.54) is 0 Å². The summed E-state index contributed by atoms with van der Waals surface area (Å²) in [7, 11) is 0. The summed E-state index contributed by atoms with van der Waals surface area (Å²) in [6.07, 6.45) is 1.62. The number of hydrogen-bond acceptors (Lipinski definition) is 3. The largest absolute Gasteiger partial charge is 0.493 e. The lowest BCUT2D eigenvalue weighted by molar-refractivity contribution is -0.117. The van der Waals surface area contributed by atoms with Crippen LogP contribution in [0.15, 0.2) is 72.3 Å². The van der Waals surface area contributed by atoms with Crippen LogP contribution in [0.1, 0.15) is 18.1 Å². The van der Waals surface area contributed by atoms with Gasteiger partial charge in [-0.2, -0.15) is 5.26 Å². The Morgan fingerprint density at radius 2 is 1.74 bits per heavy atom. The Morgan fingerprint density at radius 1 is 1.04 bits per heavy atom. The van der Waals surface area contributed by atoms with Crippen molar-refractivity contribution < 1.29 is 9.53 Å². The monoisotopic (exact) mass is 356 g/mol. The molecule has 0 saturated heterocycles. The van der Waals surface area contributed by atoms with Crippen molar-refractivity contribution >= 4 is 22.8 Å². The molecule has 0 fully saturated rings. The molecule has 4 heteroatoms. The molecular formula is C23H20N2O2. The maximum Gasteiger partial charge on any atom is 0.262 e. The quantitative estimate of drug-likeness (QED) is 0.524. The molecule has 0 aliphatic carbocycles. The van der Waals surface area contributed by atoms with Crippen molar-refractivity contribution in [3.63, 3.8) is 0 Å². The van der Waals surface area contributed by atoms with Crippen LogP contribution in [0.2, 0.25) is 0 Å². The van der Waals surface area contributed by atoms with Crippen molar-refractivity contribution in [3.05, 3.63) is 83.4 Å². The van der Waals surface area contributed by atoms with Gasteiger partial charge in [-0.3, -0.25) is 4.79 Å². The standard InChI is InChI=1S/C23H20N2O2/c1-2-27-22-13-12-18(20-10-6-7-11-21(20)22)14-19(15-24)23(26)25-16-17-8-4-3-5-9-17/h3-14H,2,16H2,1H3,(H,25,26)/b19-14-. The fourth-order valence-electron chi connectivity index (χ4n) is 2.88. The lowest BCUT2D eigenvalue weighted by Gasteiger charge is -2.10. The highest BCUT2D eigenvalue weighted by atomic mass is 16.5. The van der Waals surface area contributed by atoms with Crippen LogP contribution in [0, 0.1) is 11.3 Å². The molecule has 0 atom stereocenters. The van der Waals surface area contributed by atoms with Gasteiger partial charge in [0.1, 0.15) is 17.4 Å². The summed E-state index contributed by atoms with van der Waals surface area (Å²) < 4.78 is 5.68. The zero-order valence-corrected chi connectivity index (χ0v) is 15.1. The number of nitrogens with zero attached hydrogens (tertiary/aromatic N) is 1. The Bertz CT molecular complexity index is 1020. The van der Waals surface area contributed by atoms with E-state index in [9.17, 15) is 10.1 Å². The van der Waals surface area contributed by atoms with Gasteiger partial charge in [-0.1, -0.05) is 60.7 Å². The summed E-state index contributed by atoms with van der Waals surface area (Å²) in [4.78, 5) is 12.4. The second kappa shape index (κ2) is 8.68. The Labute approximate surface area is 158 Å². The minimum Gasteiger partial charge on any atom is -0.493 e. The smallest absolute Gasteiger partial charge is 0.262 e. The normalized spacial score (nSPS) is 11.0. The van der Waals surface area contributed by atoms with Gasteiger partial charge in [0.25, 0.3) is 5.91 Å². The highest BCUT2D eigenvalue weighted by Gasteiger charge is 2.11. The van der Waals surface area contributed by atoms with Crippen molar-refractivity contribution in [1.82, 2.24) is 5.32 Å². The van der Waals surface area contributed by atoms with E-state index in [1.54, 1.807) is 6.08 Å². The molecule has 3 aromatic carbocycles. The molecule has 0 heterocycles. The van der Waals surface area contributed by atoms with Gasteiger partial charge in [-0.25, -0.2) is 0 Å². The van der Waals surface area contributed by atoms with Gasteiger partial charge in [0, 0.05) is 11.9 Å². The van der Waals surface area contributed by atoms with E-state index >= 15 is 0 Å². The van der Waals surface area contributed by atoms with E-state index in [0.29, 0.717) is 13.2 Å². The summed E-state index contributed by atoms with van der Waals surface area (Å²) in [5.74, 6) is 0.400. The van der Waals surface area contributed by atoms with Crippen LogP contribution in [0.5, 0.6) is 5.75 Å². The summed E-state index contributed by atoms with van der Waals surface area (Å²) in [5.41, 5.74) is 1.86. The summed E-state index contributed by atoms with van der Waals surface area (Å²) in [6.45, 7) is 2.89. The van der Waals surface area contributed by atoms with E-state index in [2.05, 4.69) is 5.32 Å². The van der Waals surface area contributed by atoms with E-state index in [1.807, 2.05) is 79.7 Å². The maximum atomic E-state index is 12.4. The van der Waals surface area contributed by atoms with Gasteiger partial charge in [-0.15, -0.1) is 0 Å². The molecular weight excluding hydrogens is 336 g/mol. The number of rotatable bonds is 6. The van der Waals surface area contributed by atoms with Crippen molar-refractivity contribution in [1.29, 1.82) is 5.26 Å². The minimum atomic E-state index is -0.390. The summed E-state index contributed by atoms with van der Waals surface area (Å²) >= 11 is 0. The van der Waals surface area contributed by atoms with E-state index in [-0.39, 0.29) is 11.5 Å². The first kappa shape index (κ1) is 18.2. The lowest BCUT2D eigenvalue weighted by atomic mass is 10.0. The first-order valence-corrected chi connectivity index (χ1v) is 8.81. The highest BCUT2D eigenvalue weighted by molar-refractivity contribution is 6.04. The fraction of sp³-hybridized carbons (Fsp3) is 0.130. The number of hydrogen-bond donors (Lipinski definition) is 1. The molecule has 134 valence electrons. The molecule has 0 saturated carbocycles. The van der Waals surface area contributed by atoms with Gasteiger partial charge in [0.15, 0.2) is 0 Å². The van der Waals surface area contributed by atoms with Gasteiger partial charge in [0.05, 0.1) is 6.61 Å². The zero-order valence-electron chi connectivity index (χ0n) is 15.1. The molecule has 1 N–H and O–H groups in total. The molecule has 0 radical (unpaired) electrons. The number of ether oxygens (including phenoxy) is 1. The Balaban J connectivity index is 1.88. The molecule has 27 heavy (non-hydrogen) atoms. The molecule has 3 rings (SSSR count). The predicted octanol–water partition coefficient (Wildman–Crippen LogP) is 4.46. The van der Waals surface area contributed by atoms with E-state index in [4.69, 9.17) is 4.74 Å². The summed E-state index contributed by atoms with van der Waals surface area (Å²) in [6, 6.07) is 23.1. The summed E-state index contributed by atoms with van der Waals surface area (Å²) in [5, 5.41) is 14.1. The first-order valence-electron chi connectivity index (χ1n) is 8.81. The van der Waals surface area contributed by atoms with Crippen LogP contribution in [0.25, 0.3) is 16.8 Å². The third kappa shape index (κ3) is 4.34. The van der Waals surface area contributed by atoms with Crippen LogP contribution >= 0.6 is 0 Å². The number of nitriles is 1. The molecule has 0 aromatic heterocycles. The second-order valence-electron chi connectivity index (χ2n) is 5.97.